The number of rotatable bonds is 6. The number of amides is 1. The lowest BCUT2D eigenvalue weighted by Crippen LogP contribution is -2.38. The van der Waals surface area contributed by atoms with Gasteiger partial charge in [0.25, 0.3) is 0 Å². The summed E-state index contributed by atoms with van der Waals surface area (Å²) in [6.07, 6.45) is 2.50. The molecule has 1 aliphatic heterocycles. The molecule has 1 fully saturated rings. The maximum absolute atomic E-state index is 12.8. The van der Waals surface area contributed by atoms with E-state index in [4.69, 9.17) is 4.74 Å². The highest BCUT2D eigenvalue weighted by Gasteiger charge is 2.26. The van der Waals surface area contributed by atoms with Crippen LogP contribution in [0.3, 0.4) is 0 Å². The molecule has 0 radical (unpaired) electrons. The first-order chi connectivity index (χ1) is 15.2. The number of methoxy groups -OCH3 is 1. The van der Waals surface area contributed by atoms with Crippen molar-refractivity contribution < 1.29 is 9.53 Å². The minimum Gasteiger partial charge on any atom is -0.496 e. The van der Waals surface area contributed by atoms with Crippen LogP contribution in [-0.2, 0) is 11.2 Å². The molecule has 1 aliphatic rings. The van der Waals surface area contributed by atoms with E-state index in [0.29, 0.717) is 0 Å². The number of carbonyl (C=O) groups excluding carboxylic acids is 1. The number of hydrogen-bond acceptors (Lipinski definition) is 5. The zero-order valence-electron chi connectivity index (χ0n) is 18.0. The lowest BCUT2D eigenvalue weighted by atomic mass is 9.95. The number of anilines is 2. The molecule has 31 heavy (non-hydrogen) atoms. The number of aryl methyl sites for hydroxylation is 1. The molecule has 1 N–H and O–H groups in total. The van der Waals surface area contributed by atoms with E-state index >= 15 is 0 Å². The SMILES string of the molecule is CCc1ccccc1NC(=O)C1CCN(c2ccc(-c3ccccc3OC)nn2)CC1. The van der Waals surface area contributed by atoms with Gasteiger partial charge in [0.2, 0.25) is 5.91 Å². The predicted molar refractivity (Wildman–Crippen MR) is 123 cm³/mol. The standard InChI is InChI=1S/C25H28N4O2/c1-3-18-8-4-6-10-21(18)26-25(30)19-14-16-29(17-15-19)24-13-12-22(27-28-24)20-9-5-7-11-23(20)31-2/h4-13,19H,3,14-17H2,1-2H3,(H,26,30). The fourth-order valence-corrected chi connectivity index (χ4v) is 4.05. The first-order valence-corrected chi connectivity index (χ1v) is 10.8. The molecular formula is C25H28N4O2. The van der Waals surface area contributed by atoms with Crippen LogP contribution < -0.4 is 15.0 Å². The van der Waals surface area contributed by atoms with Crippen molar-refractivity contribution in [1.82, 2.24) is 10.2 Å². The topological polar surface area (TPSA) is 67.4 Å². The van der Waals surface area contributed by atoms with E-state index < -0.39 is 0 Å². The van der Waals surface area contributed by atoms with Gasteiger partial charge in [-0.05, 0) is 55.2 Å². The van der Waals surface area contributed by atoms with Crippen molar-refractivity contribution in [3.05, 3.63) is 66.2 Å². The molecule has 160 valence electrons. The highest BCUT2D eigenvalue weighted by Crippen LogP contribution is 2.29. The van der Waals surface area contributed by atoms with Crippen molar-refractivity contribution in [3.8, 4) is 17.0 Å². The molecule has 6 nitrogen and oxygen atoms in total. The molecule has 1 saturated heterocycles. The number of aromatic nitrogens is 2. The van der Waals surface area contributed by atoms with Crippen LogP contribution in [0.25, 0.3) is 11.3 Å². The van der Waals surface area contributed by atoms with E-state index in [0.717, 1.165) is 60.9 Å². The van der Waals surface area contributed by atoms with Crippen molar-refractivity contribution in [3.63, 3.8) is 0 Å². The van der Waals surface area contributed by atoms with Gasteiger partial charge in [0.15, 0.2) is 5.82 Å². The van der Waals surface area contributed by atoms with Crippen LogP contribution in [0, 0.1) is 5.92 Å². The Morgan fingerprint density at radius 2 is 1.77 bits per heavy atom. The largest absolute Gasteiger partial charge is 0.496 e. The van der Waals surface area contributed by atoms with Crippen LogP contribution in [0.5, 0.6) is 5.75 Å². The fraction of sp³-hybridized carbons (Fsp3) is 0.320. The molecule has 0 bridgehead atoms. The lowest BCUT2D eigenvalue weighted by Gasteiger charge is -2.32. The molecule has 0 saturated carbocycles. The Kier molecular flexibility index (Phi) is 6.46. The summed E-state index contributed by atoms with van der Waals surface area (Å²) in [5.74, 6) is 1.75. The van der Waals surface area contributed by atoms with Crippen LogP contribution in [0.1, 0.15) is 25.3 Å². The molecule has 0 atom stereocenters. The summed E-state index contributed by atoms with van der Waals surface area (Å²) < 4.78 is 5.42. The highest BCUT2D eigenvalue weighted by molar-refractivity contribution is 5.93. The minimum atomic E-state index is 0.0157. The molecule has 1 aromatic heterocycles. The molecule has 0 unspecified atom stereocenters. The molecule has 6 heteroatoms. The number of benzene rings is 2. The second-order valence-electron chi connectivity index (χ2n) is 7.74. The van der Waals surface area contributed by atoms with Crippen LogP contribution in [0.15, 0.2) is 60.7 Å². The average Bonchev–Trinajstić information content (AvgIpc) is 2.84. The van der Waals surface area contributed by atoms with E-state index in [2.05, 4.69) is 33.4 Å². The molecular weight excluding hydrogens is 388 g/mol. The lowest BCUT2D eigenvalue weighted by molar-refractivity contribution is -0.120. The first-order valence-electron chi connectivity index (χ1n) is 10.8. The Morgan fingerprint density at radius 1 is 1.03 bits per heavy atom. The summed E-state index contributed by atoms with van der Waals surface area (Å²) in [6, 6.07) is 19.8. The number of nitrogens with zero attached hydrogens (tertiary/aromatic N) is 3. The monoisotopic (exact) mass is 416 g/mol. The Bertz CT molecular complexity index is 1030. The third kappa shape index (κ3) is 4.68. The van der Waals surface area contributed by atoms with Crippen molar-refractivity contribution in [2.75, 3.05) is 30.4 Å². The molecule has 1 amide bonds. The van der Waals surface area contributed by atoms with E-state index in [9.17, 15) is 4.79 Å². The van der Waals surface area contributed by atoms with E-state index in [1.807, 2.05) is 54.6 Å². The van der Waals surface area contributed by atoms with Crippen LogP contribution in [0.2, 0.25) is 0 Å². The molecule has 3 aromatic rings. The maximum atomic E-state index is 12.8. The quantitative estimate of drug-likeness (QED) is 0.638. The smallest absolute Gasteiger partial charge is 0.227 e. The van der Waals surface area contributed by atoms with Crippen molar-refractivity contribution in [2.45, 2.75) is 26.2 Å². The van der Waals surface area contributed by atoms with Crippen molar-refractivity contribution in [1.29, 1.82) is 0 Å². The van der Waals surface area contributed by atoms with Crippen LogP contribution >= 0.6 is 0 Å². The highest BCUT2D eigenvalue weighted by atomic mass is 16.5. The van der Waals surface area contributed by atoms with Crippen molar-refractivity contribution >= 4 is 17.4 Å². The molecule has 0 spiro atoms. The third-order valence-electron chi connectivity index (χ3n) is 5.88. The number of para-hydroxylation sites is 2. The first kappa shape index (κ1) is 20.8. The summed E-state index contributed by atoms with van der Waals surface area (Å²) in [6.45, 7) is 3.68. The van der Waals surface area contributed by atoms with Gasteiger partial charge in [0, 0.05) is 30.3 Å². The van der Waals surface area contributed by atoms with Gasteiger partial charge in [-0.15, -0.1) is 10.2 Å². The number of hydrogen-bond donors (Lipinski definition) is 1. The third-order valence-corrected chi connectivity index (χ3v) is 5.88. The second kappa shape index (κ2) is 9.60. The number of piperidine rings is 1. The summed E-state index contributed by atoms with van der Waals surface area (Å²) in [5.41, 5.74) is 3.80. The van der Waals surface area contributed by atoms with E-state index in [1.165, 1.54) is 5.56 Å². The Labute approximate surface area is 183 Å². The number of carbonyl (C=O) groups is 1. The summed E-state index contributed by atoms with van der Waals surface area (Å²) in [5, 5.41) is 12.0. The van der Waals surface area contributed by atoms with Gasteiger partial charge >= 0.3 is 0 Å². The van der Waals surface area contributed by atoms with Gasteiger partial charge in [-0.25, -0.2) is 0 Å². The number of nitrogens with one attached hydrogen (secondary N) is 1. The average molecular weight is 417 g/mol. The van der Waals surface area contributed by atoms with E-state index in [-0.39, 0.29) is 11.8 Å². The van der Waals surface area contributed by atoms with Crippen LogP contribution in [0.4, 0.5) is 11.5 Å². The zero-order valence-corrected chi connectivity index (χ0v) is 18.0. The zero-order chi connectivity index (χ0) is 21.6. The van der Waals surface area contributed by atoms with Gasteiger partial charge in [0.05, 0.1) is 12.8 Å². The summed E-state index contributed by atoms with van der Waals surface area (Å²) in [7, 11) is 1.65. The Hall–Kier alpha value is -3.41. The molecule has 0 aliphatic carbocycles. The fourth-order valence-electron chi connectivity index (χ4n) is 4.05. The maximum Gasteiger partial charge on any atom is 0.227 e. The van der Waals surface area contributed by atoms with Crippen molar-refractivity contribution in [2.24, 2.45) is 5.92 Å². The second-order valence-corrected chi connectivity index (χ2v) is 7.74. The number of ether oxygens (including phenoxy) is 1. The van der Waals surface area contributed by atoms with Gasteiger partial charge in [-0.3, -0.25) is 4.79 Å². The van der Waals surface area contributed by atoms with Crippen LogP contribution in [-0.4, -0.2) is 36.3 Å². The van der Waals surface area contributed by atoms with Gasteiger partial charge in [-0.2, -0.15) is 0 Å². The normalized spacial score (nSPS) is 14.3. The molecule has 4 rings (SSSR count). The molecule has 2 aromatic carbocycles. The van der Waals surface area contributed by atoms with E-state index in [1.54, 1.807) is 7.11 Å². The van der Waals surface area contributed by atoms with Gasteiger partial charge in [-0.1, -0.05) is 37.3 Å². The predicted octanol–water partition coefficient (Wildman–Crippen LogP) is 4.57. The molecule has 2 heterocycles. The Balaban J connectivity index is 1.37. The van der Waals surface area contributed by atoms with Gasteiger partial charge < -0.3 is 15.0 Å². The summed E-state index contributed by atoms with van der Waals surface area (Å²) >= 11 is 0. The van der Waals surface area contributed by atoms with Gasteiger partial charge in [0.1, 0.15) is 5.75 Å². The minimum absolute atomic E-state index is 0.0157. The Morgan fingerprint density at radius 3 is 2.48 bits per heavy atom. The summed E-state index contributed by atoms with van der Waals surface area (Å²) in [4.78, 5) is 15.0.